The molecule has 1 unspecified atom stereocenters. The molecular weight excluding hydrogens is 423 g/mol. The van der Waals surface area contributed by atoms with Crippen LogP contribution in [0.2, 0.25) is 0 Å². The number of carbonyl (C=O) groups excluding carboxylic acids is 1. The number of carbonyl (C=O) groups is 1. The molecule has 0 radical (unpaired) electrons. The van der Waals surface area contributed by atoms with Gasteiger partial charge in [-0.1, -0.05) is 24.3 Å². The molecule has 1 aliphatic heterocycles. The van der Waals surface area contributed by atoms with Crippen LogP contribution in [-0.2, 0) is 0 Å². The summed E-state index contributed by atoms with van der Waals surface area (Å²) in [5.74, 6) is -0.330. The van der Waals surface area contributed by atoms with Gasteiger partial charge in [0.15, 0.2) is 5.69 Å². The molecule has 7 nitrogen and oxygen atoms in total. The highest BCUT2D eigenvalue weighted by atomic mass is 19.1. The van der Waals surface area contributed by atoms with E-state index in [9.17, 15) is 14.0 Å². The van der Waals surface area contributed by atoms with Crippen molar-refractivity contribution in [3.63, 3.8) is 0 Å². The molecule has 8 heteroatoms. The molecule has 0 aliphatic carbocycles. The number of methoxy groups -OCH3 is 1. The van der Waals surface area contributed by atoms with Crippen molar-refractivity contribution in [3.05, 3.63) is 87.6 Å². The van der Waals surface area contributed by atoms with Crippen molar-refractivity contribution in [3.8, 4) is 11.4 Å². The number of likely N-dealkylation sites (tertiary alicyclic amines) is 1. The first kappa shape index (κ1) is 22.7. The number of aryl methyl sites for hydroxylation is 1. The van der Waals surface area contributed by atoms with E-state index in [4.69, 9.17) is 4.74 Å². The number of rotatable bonds is 7. The van der Waals surface area contributed by atoms with Crippen LogP contribution in [-0.4, -0.2) is 47.3 Å². The second kappa shape index (κ2) is 9.95. The highest BCUT2D eigenvalue weighted by Gasteiger charge is 2.25. The number of benzene rings is 2. The lowest BCUT2D eigenvalue weighted by atomic mass is 10.0. The number of nitrogens with one attached hydrogen (secondary N) is 1. The van der Waals surface area contributed by atoms with Crippen LogP contribution in [0.15, 0.2) is 59.4 Å². The fourth-order valence-electron chi connectivity index (χ4n) is 4.20. The summed E-state index contributed by atoms with van der Waals surface area (Å²) in [6.45, 7) is 3.82. The number of hydrogen-bond acceptors (Lipinski definition) is 5. The van der Waals surface area contributed by atoms with Crippen LogP contribution in [0.1, 0.15) is 40.6 Å². The molecule has 0 saturated carbocycles. The smallest absolute Gasteiger partial charge is 0.275 e. The van der Waals surface area contributed by atoms with Crippen LogP contribution in [0, 0.1) is 12.7 Å². The van der Waals surface area contributed by atoms with Crippen LogP contribution >= 0.6 is 0 Å². The van der Waals surface area contributed by atoms with Gasteiger partial charge in [0.05, 0.1) is 13.2 Å². The number of ether oxygens (including phenoxy) is 1. The van der Waals surface area contributed by atoms with E-state index in [2.05, 4.69) is 15.3 Å². The Kier molecular flexibility index (Phi) is 6.84. The van der Waals surface area contributed by atoms with Crippen molar-refractivity contribution in [1.82, 2.24) is 20.0 Å². The third-order valence-corrected chi connectivity index (χ3v) is 5.92. The lowest BCUT2D eigenvalue weighted by Gasteiger charge is -2.28. The van der Waals surface area contributed by atoms with E-state index in [0.717, 1.165) is 37.2 Å². The van der Waals surface area contributed by atoms with Gasteiger partial charge in [0.2, 0.25) is 5.43 Å². The summed E-state index contributed by atoms with van der Waals surface area (Å²) in [5.41, 5.74) is 0.867. The molecular formula is C25H27FN4O3. The molecule has 1 atom stereocenters. The van der Waals surface area contributed by atoms with Crippen LogP contribution < -0.4 is 15.5 Å². The maximum Gasteiger partial charge on any atom is 0.275 e. The Hall–Kier alpha value is -3.52. The molecule has 1 aromatic heterocycles. The first-order valence-corrected chi connectivity index (χ1v) is 11.0. The second-order valence-corrected chi connectivity index (χ2v) is 8.11. The molecule has 1 saturated heterocycles. The largest absolute Gasteiger partial charge is 0.497 e. The number of para-hydroxylation sites is 1. The van der Waals surface area contributed by atoms with Gasteiger partial charge in [-0.15, -0.1) is 0 Å². The summed E-state index contributed by atoms with van der Waals surface area (Å²) in [7, 11) is 1.62. The van der Waals surface area contributed by atoms with Crippen molar-refractivity contribution in [1.29, 1.82) is 0 Å². The quantitative estimate of drug-likeness (QED) is 0.598. The van der Waals surface area contributed by atoms with Gasteiger partial charge in [-0.2, -0.15) is 5.10 Å². The molecule has 1 fully saturated rings. The third-order valence-electron chi connectivity index (χ3n) is 5.92. The molecule has 4 rings (SSSR count). The van der Waals surface area contributed by atoms with E-state index in [1.165, 1.54) is 16.8 Å². The highest BCUT2D eigenvalue weighted by molar-refractivity contribution is 5.92. The average molecular weight is 451 g/mol. The Morgan fingerprint density at radius 3 is 2.64 bits per heavy atom. The minimum absolute atomic E-state index is 0.0641. The maximum atomic E-state index is 14.3. The summed E-state index contributed by atoms with van der Waals surface area (Å²) in [6.07, 6.45) is 2.20. The summed E-state index contributed by atoms with van der Waals surface area (Å²) >= 11 is 0. The molecule has 0 bridgehead atoms. The summed E-state index contributed by atoms with van der Waals surface area (Å²) in [5, 5.41) is 7.07. The Labute approximate surface area is 191 Å². The van der Waals surface area contributed by atoms with Gasteiger partial charge in [0.1, 0.15) is 17.3 Å². The Balaban J connectivity index is 1.59. The summed E-state index contributed by atoms with van der Waals surface area (Å²) < 4.78 is 21.0. The highest BCUT2D eigenvalue weighted by Crippen LogP contribution is 2.27. The molecule has 2 heterocycles. The van der Waals surface area contributed by atoms with E-state index >= 15 is 0 Å². The lowest BCUT2D eigenvalue weighted by molar-refractivity contribution is 0.0930. The van der Waals surface area contributed by atoms with Crippen LogP contribution in [0.3, 0.4) is 0 Å². The third kappa shape index (κ3) is 4.96. The average Bonchev–Trinajstić information content (AvgIpc) is 3.34. The topological polar surface area (TPSA) is 76.5 Å². The fraction of sp³-hybridized carbons (Fsp3) is 0.320. The van der Waals surface area contributed by atoms with E-state index in [1.807, 2.05) is 24.3 Å². The summed E-state index contributed by atoms with van der Waals surface area (Å²) in [6, 6.07) is 15.1. The molecule has 0 spiro atoms. The van der Waals surface area contributed by atoms with E-state index < -0.39 is 17.2 Å². The van der Waals surface area contributed by atoms with Crippen LogP contribution in [0.5, 0.6) is 5.75 Å². The zero-order valence-corrected chi connectivity index (χ0v) is 18.8. The predicted octanol–water partition coefficient (Wildman–Crippen LogP) is 3.26. The number of aromatic nitrogens is 2. The standard InChI is InChI=1S/C25H27FN4O3/c1-17-14-23(31)24(28-30(17)21-11-4-3-10-20(21)26)25(32)27-16-22(29-12-5-6-13-29)18-8-7-9-19(15-18)33-2/h3-4,7-11,14-15,22H,5-6,12-13,16H2,1-2H3,(H,27,32). The van der Waals surface area contributed by atoms with Gasteiger partial charge < -0.3 is 10.1 Å². The van der Waals surface area contributed by atoms with Crippen LogP contribution in [0.25, 0.3) is 5.69 Å². The molecule has 1 amide bonds. The number of halogens is 1. The molecule has 3 aromatic rings. The predicted molar refractivity (Wildman–Crippen MR) is 123 cm³/mol. The van der Waals surface area contributed by atoms with E-state index in [1.54, 1.807) is 32.2 Å². The zero-order chi connectivity index (χ0) is 23.4. The summed E-state index contributed by atoms with van der Waals surface area (Å²) in [4.78, 5) is 27.9. The van der Waals surface area contributed by atoms with Gasteiger partial charge in [0.25, 0.3) is 5.91 Å². The Morgan fingerprint density at radius 2 is 1.91 bits per heavy atom. The van der Waals surface area contributed by atoms with Gasteiger partial charge >= 0.3 is 0 Å². The molecule has 33 heavy (non-hydrogen) atoms. The van der Waals surface area contributed by atoms with Gasteiger partial charge in [-0.05, 0) is 62.7 Å². The van der Waals surface area contributed by atoms with Crippen LogP contribution in [0.4, 0.5) is 4.39 Å². The number of amides is 1. The van der Waals surface area contributed by atoms with Crippen molar-refractivity contribution < 1.29 is 13.9 Å². The lowest BCUT2D eigenvalue weighted by Crippen LogP contribution is -2.39. The van der Waals surface area contributed by atoms with E-state index in [0.29, 0.717) is 12.2 Å². The molecule has 1 aliphatic rings. The Morgan fingerprint density at radius 1 is 1.15 bits per heavy atom. The van der Waals surface area contributed by atoms with Crippen molar-refractivity contribution in [2.24, 2.45) is 0 Å². The number of hydrogen-bond donors (Lipinski definition) is 1. The molecule has 2 aromatic carbocycles. The maximum absolute atomic E-state index is 14.3. The van der Waals surface area contributed by atoms with Gasteiger partial charge in [0, 0.05) is 18.3 Å². The SMILES string of the molecule is COc1cccc(C(CNC(=O)c2nn(-c3ccccc3F)c(C)cc2=O)N2CCCC2)c1. The molecule has 172 valence electrons. The second-order valence-electron chi connectivity index (χ2n) is 8.11. The first-order chi connectivity index (χ1) is 16.0. The van der Waals surface area contributed by atoms with Crippen molar-refractivity contribution in [2.45, 2.75) is 25.8 Å². The number of nitrogens with zero attached hydrogens (tertiary/aromatic N) is 3. The fourth-order valence-corrected chi connectivity index (χ4v) is 4.20. The van der Waals surface area contributed by atoms with Crippen molar-refractivity contribution in [2.75, 3.05) is 26.7 Å². The van der Waals surface area contributed by atoms with Crippen molar-refractivity contribution >= 4 is 5.91 Å². The van der Waals surface area contributed by atoms with Gasteiger partial charge in [-0.3, -0.25) is 14.5 Å². The van der Waals surface area contributed by atoms with Gasteiger partial charge in [-0.25, -0.2) is 9.07 Å². The van der Waals surface area contributed by atoms with E-state index in [-0.39, 0.29) is 17.4 Å². The monoisotopic (exact) mass is 450 g/mol. The minimum Gasteiger partial charge on any atom is -0.497 e. The Bertz CT molecular complexity index is 1200. The minimum atomic E-state index is -0.586. The first-order valence-electron chi connectivity index (χ1n) is 11.0. The normalized spacial score (nSPS) is 14.8. The molecule has 1 N–H and O–H groups in total. The zero-order valence-electron chi connectivity index (χ0n) is 18.8.